The quantitative estimate of drug-likeness (QED) is 0.849. The Morgan fingerprint density at radius 2 is 1.76 bits per heavy atom. The first kappa shape index (κ1) is 15.5. The number of nitrogens with zero attached hydrogens (tertiary/aromatic N) is 1. The van der Waals surface area contributed by atoms with Crippen LogP contribution in [-0.2, 0) is 0 Å². The Bertz CT molecular complexity index is 535. The Labute approximate surface area is 117 Å². The number of carbonyl (C=O) groups is 1. The van der Waals surface area contributed by atoms with Crippen LogP contribution in [0.3, 0.4) is 0 Å². The van der Waals surface area contributed by atoms with Gasteiger partial charge in [0.25, 0.3) is 0 Å². The average Bonchev–Trinajstić information content (AvgIpc) is 2.36. The average molecular weight is 309 g/mol. The molecule has 0 aliphatic carbocycles. The summed E-state index contributed by atoms with van der Waals surface area (Å²) in [5, 5.41) is 8.66. The van der Waals surface area contributed by atoms with Crippen LogP contribution in [0.5, 0.6) is 0 Å². The van der Waals surface area contributed by atoms with E-state index in [-0.39, 0.29) is 18.7 Å². The molecule has 1 fully saturated rings. The number of piperidine rings is 1. The third kappa shape index (κ3) is 3.08. The van der Waals surface area contributed by atoms with Gasteiger partial charge >= 0.3 is 12.1 Å². The number of aromatic carboxylic acids is 1. The fourth-order valence-electron chi connectivity index (χ4n) is 2.51. The smallest absolute Gasteiger partial charge is 0.408 e. The topological polar surface area (TPSA) is 40.5 Å². The number of hydrogen-bond donors (Lipinski definition) is 1. The van der Waals surface area contributed by atoms with Crippen molar-refractivity contribution in [3.05, 3.63) is 29.3 Å². The van der Waals surface area contributed by atoms with Gasteiger partial charge in [-0.25, -0.2) is 13.6 Å². The molecule has 8 heteroatoms. The van der Waals surface area contributed by atoms with Gasteiger partial charge in [0.1, 0.15) is 23.2 Å². The molecule has 1 N–H and O–H groups in total. The van der Waals surface area contributed by atoms with Crippen LogP contribution in [0.2, 0.25) is 0 Å². The third-order valence-corrected chi connectivity index (χ3v) is 3.45. The largest absolute Gasteiger partial charge is 0.477 e. The maximum atomic E-state index is 13.6. The van der Waals surface area contributed by atoms with Crippen LogP contribution >= 0.6 is 0 Å². The zero-order valence-corrected chi connectivity index (χ0v) is 10.8. The lowest BCUT2D eigenvalue weighted by molar-refractivity contribution is -0.152. The Balaban J connectivity index is 2.43. The molecule has 1 heterocycles. The van der Waals surface area contributed by atoms with Gasteiger partial charge in [-0.05, 0) is 31.4 Å². The highest BCUT2D eigenvalue weighted by molar-refractivity contribution is 5.88. The molecule has 3 nitrogen and oxygen atoms in total. The van der Waals surface area contributed by atoms with E-state index in [2.05, 4.69) is 0 Å². The zero-order chi connectivity index (χ0) is 15.8. The predicted molar refractivity (Wildman–Crippen MR) is 64.4 cm³/mol. The minimum Gasteiger partial charge on any atom is -0.477 e. The van der Waals surface area contributed by atoms with E-state index in [0.29, 0.717) is 25.0 Å². The molecule has 1 aliphatic rings. The lowest BCUT2D eigenvalue weighted by atomic mass is 10.00. The molecule has 0 radical (unpaired) electrons. The molecule has 0 spiro atoms. The highest BCUT2D eigenvalue weighted by Gasteiger charge is 2.44. The maximum absolute atomic E-state index is 13.6. The second-order valence-corrected chi connectivity index (χ2v) is 4.84. The van der Waals surface area contributed by atoms with E-state index in [1.165, 1.54) is 0 Å². The minimum atomic E-state index is -4.52. The molecule has 1 atom stereocenters. The highest BCUT2D eigenvalue weighted by Crippen LogP contribution is 2.36. The van der Waals surface area contributed by atoms with Crippen molar-refractivity contribution in [1.82, 2.24) is 0 Å². The summed E-state index contributed by atoms with van der Waals surface area (Å²) in [4.78, 5) is 11.6. The van der Waals surface area contributed by atoms with E-state index in [4.69, 9.17) is 5.11 Å². The van der Waals surface area contributed by atoms with Gasteiger partial charge in [0.2, 0.25) is 0 Å². The van der Waals surface area contributed by atoms with Gasteiger partial charge in [-0.15, -0.1) is 0 Å². The Morgan fingerprint density at radius 3 is 2.24 bits per heavy atom. The van der Waals surface area contributed by atoms with E-state index in [1.807, 2.05) is 0 Å². The highest BCUT2D eigenvalue weighted by atomic mass is 19.4. The predicted octanol–water partition coefficient (Wildman–Crippen LogP) is 3.58. The number of carboxylic acids is 1. The van der Waals surface area contributed by atoms with Crippen LogP contribution in [0.15, 0.2) is 12.1 Å². The molecular weight excluding hydrogens is 297 g/mol. The van der Waals surface area contributed by atoms with Crippen molar-refractivity contribution in [3.8, 4) is 0 Å². The molecule has 1 aliphatic heterocycles. The number of carboxylic acid groups (broad SMARTS) is 1. The van der Waals surface area contributed by atoms with Gasteiger partial charge in [-0.2, -0.15) is 13.2 Å². The van der Waals surface area contributed by atoms with Crippen LogP contribution in [-0.4, -0.2) is 29.8 Å². The second-order valence-electron chi connectivity index (χ2n) is 4.84. The molecule has 21 heavy (non-hydrogen) atoms. The molecule has 0 amide bonds. The SMILES string of the molecule is O=C(O)c1c(F)cc(N2CCCCC2C(F)(F)F)cc1F. The van der Waals surface area contributed by atoms with Crippen molar-refractivity contribution < 1.29 is 31.9 Å². The molecule has 2 rings (SSSR count). The van der Waals surface area contributed by atoms with Gasteiger partial charge in [0, 0.05) is 12.2 Å². The molecule has 0 aromatic heterocycles. The number of benzene rings is 1. The molecule has 1 unspecified atom stereocenters. The van der Waals surface area contributed by atoms with Gasteiger partial charge in [0.05, 0.1) is 0 Å². The Morgan fingerprint density at radius 1 is 1.19 bits per heavy atom. The summed E-state index contributed by atoms with van der Waals surface area (Å²) in [6.07, 6.45) is -3.83. The normalized spacial score (nSPS) is 19.7. The summed E-state index contributed by atoms with van der Waals surface area (Å²) in [5.41, 5.74) is -1.46. The summed E-state index contributed by atoms with van der Waals surface area (Å²) >= 11 is 0. The zero-order valence-electron chi connectivity index (χ0n) is 10.8. The molecule has 0 bridgehead atoms. The Hall–Kier alpha value is -1.86. The van der Waals surface area contributed by atoms with Crippen LogP contribution in [0.1, 0.15) is 29.6 Å². The van der Waals surface area contributed by atoms with Crippen LogP contribution in [0.25, 0.3) is 0 Å². The standard InChI is InChI=1S/C13H12F5NO2/c14-8-5-7(6-9(15)11(8)12(20)21)19-4-2-1-3-10(19)13(16,17)18/h5-6,10H,1-4H2,(H,20,21). The fourth-order valence-corrected chi connectivity index (χ4v) is 2.51. The summed E-state index contributed by atoms with van der Waals surface area (Å²) < 4.78 is 66.1. The van der Waals surface area contributed by atoms with Crippen molar-refractivity contribution in [2.75, 3.05) is 11.4 Å². The molecule has 116 valence electrons. The lowest BCUT2D eigenvalue weighted by Crippen LogP contribution is -2.48. The second kappa shape index (κ2) is 5.50. The van der Waals surface area contributed by atoms with Crippen molar-refractivity contribution in [1.29, 1.82) is 0 Å². The first-order chi connectivity index (χ1) is 9.71. The maximum Gasteiger partial charge on any atom is 0.408 e. The first-order valence-electron chi connectivity index (χ1n) is 6.27. The summed E-state index contributed by atoms with van der Waals surface area (Å²) in [5.74, 6) is -4.57. The summed E-state index contributed by atoms with van der Waals surface area (Å²) in [7, 11) is 0. The number of anilines is 1. The van der Waals surface area contributed by atoms with Crippen molar-refractivity contribution >= 4 is 11.7 Å². The van der Waals surface area contributed by atoms with Gasteiger partial charge < -0.3 is 10.0 Å². The van der Waals surface area contributed by atoms with Crippen LogP contribution in [0, 0.1) is 11.6 Å². The minimum absolute atomic E-state index is 0.00940. The number of halogens is 5. The number of rotatable bonds is 2. The fraction of sp³-hybridized carbons (Fsp3) is 0.462. The van der Waals surface area contributed by atoms with Crippen molar-refractivity contribution in [2.45, 2.75) is 31.5 Å². The van der Waals surface area contributed by atoms with E-state index in [0.717, 1.165) is 4.90 Å². The summed E-state index contributed by atoms with van der Waals surface area (Å²) in [6.45, 7) is 0.00940. The van der Waals surface area contributed by atoms with Gasteiger partial charge in [0.15, 0.2) is 0 Å². The van der Waals surface area contributed by atoms with E-state index >= 15 is 0 Å². The summed E-state index contributed by atoms with van der Waals surface area (Å²) in [6, 6.07) is -0.548. The van der Waals surface area contributed by atoms with E-state index < -0.39 is 35.4 Å². The van der Waals surface area contributed by atoms with Crippen molar-refractivity contribution in [2.24, 2.45) is 0 Å². The third-order valence-electron chi connectivity index (χ3n) is 3.45. The van der Waals surface area contributed by atoms with Crippen molar-refractivity contribution in [3.63, 3.8) is 0 Å². The molecule has 0 saturated carbocycles. The van der Waals surface area contributed by atoms with Gasteiger partial charge in [-0.3, -0.25) is 0 Å². The van der Waals surface area contributed by atoms with E-state index in [1.54, 1.807) is 0 Å². The lowest BCUT2D eigenvalue weighted by Gasteiger charge is -2.38. The molecule has 1 aromatic carbocycles. The molecular formula is C13H12F5NO2. The van der Waals surface area contributed by atoms with Crippen LogP contribution in [0.4, 0.5) is 27.6 Å². The molecule has 1 aromatic rings. The van der Waals surface area contributed by atoms with Gasteiger partial charge in [-0.1, -0.05) is 0 Å². The number of alkyl halides is 3. The molecule has 1 saturated heterocycles. The van der Waals surface area contributed by atoms with E-state index in [9.17, 15) is 26.7 Å². The monoisotopic (exact) mass is 309 g/mol. The number of hydrogen-bond acceptors (Lipinski definition) is 2. The Kier molecular flexibility index (Phi) is 4.06. The van der Waals surface area contributed by atoms with Crippen LogP contribution < -0.4 is 4.90 Å². The first-order valence-corrected chi connectivity index (χ1v) is 6.27.